The molecule has 9 nitrogen and oxygen atoms in total. The van der Waals surface area contributed by atoms with Crippen LogP contribution < -0.4 is 0 Å². The summed E-state index contributed by atoms with van der Waals surface area (Å²) in [6.07, 6.45) is 3.90. The van der Waals surface area contributed by atoms with Crippen LogP contribution in [-0.4, -0.2) is 112 Å². The lowest BCUT2D eigenvalue weighted by Crippen LogP contribution is -2.60. The number of hydrogen-bond acceptors (Lipinski definition) is 9. The lowest BCUT2D eigenvalue weighted by molar-refractivity contribution is 0.115. The van der Waals surface area contributed by atoms with E-state index in [1.807, 2.05) is 36.4 Å². The van der Waals surface area contributed by atoms with E-state index in [1.165, 1.54) is 0 Å². The molecule has 3 heterocycles. The van der Waals surface area contributed by atoms with E-state index in [9.17, 15) is 0 Å². The Morgan fingerprint density at radius 3 is 0.955 bits per heavy atom. The van der Waals surface area contributed by atoms with Crippen molar-refractivity contribution < 1.29 is 40.8 Å². The van der Waals surface area contributed by atoms with E-state index in [1.54, 1.807) is 0 Å². The molecule has 0 amide bonds. The average molecular weight is 689 g/mol. The van der Waals surface area contributed by atoms with Crippen LogP contribution in [-0.2, 0) is 40.8 Å². The van der Waals surface area contributed by atoms with Gasteiger partial charge in [0.1, 0.15) is 18.3 Å². The Morgan fingerprint density at radius 2 is 0.727 bits per heavy atom. The topological polar surface area (TPSA) is 93.0 Å². The van der Waals surface area contributed by atoms with Gasteiger partial charge in [0.2, 0.25) is 0 Å². The number of epoxide rings is 3. The zero-order chi connectivity index (χ0) is 31.9. The summed E-state index contributed by atoms with van der Waals surface area (Å²) in [5.41, 5.74) is 0. The van der Waals surface area contributed by atoms with Crippen LogP contribution in [0.3, 0.4) is 0 Å². The minimum atomic E-state index is -2.88. The van der Waals surface area contributed by atoms with Gasteiger partial charge in [-0.2, -0.15) is 0 Å². The van der Waals surface area contributed by atoms with E-state index in [0.717, 1.165) is 77.0 Å². The van der Waals surface area contributed by atoms with Gasteiger partial charge in [0.25, 0.3) is 0 Å². The molecule has 0 bridgehead atoms. The van der Waals surface area contributed by atoms with Crippen molar-refractivity contribution in [1.29, 1.82) is 0 Å². The van der Waals surface area contributed by atoms with Gasteiger partial charge in [0.15, 0.2) is 25.0 Å². The van der Waals surface area contributed by atoms with Gasteiger partial charge in [-0.3, -0.25) is 0 Å². The van der Waals surface area contributed by atoms with Crippen molar-refractivity contribution >= 4 is 33.8 Å². The van der Waals surface area contributed by atoms with Gasteiger partial charge in [-0.25, -0.2) is 0 Å². The lowest BCUT2D eigenvalue weighted by Gasteiger charge is -2.43. The Kier molecular flexibility index (Phi) is 16.4. The van der Waals surface area contributed by atoms with Gasteiger partial charge in [-0.05, 0) is 76.7 Å². The smallest absolute Gasteiger partial charge is 0.417 e. The summed E-state index contributed by atoms with van der Waals surface area (Å²) < 4.78 is 54.0. The summed E-state index contributed by atoms with van der Waals surface area (Å²) in [6, 6.07) is 15.1. The SMILES string of the molecule is C[Si](C)(CCCOCC1CO1)O[Si](C)(O[Si](C)(C)CCCOCC1CO1)O[Si](C)(C)CCCOCC1CO1.c1ccccc1. The third kappa shape index (κ3) is 19.4. The minimum Gasteiger partial charge on any atom is -0.417 e. The molecular weight excluding hydrogens is 629 g/mol. The van der Waals surface area contributed by atoms with Crippen LogP contribution in [0.2, 0.25) is 64.0 Å². The maximum atomic E-state index is 7.00. The molecule has 1 aromatic carbocycles. The Balaban J connectivity index is 0.000000785. The first-order valence-electron chi connectivity index (χ1n) is 16.5. The predicted molar refractivity (Wildman–Crippen MR) is 184 cm³/mol. The normalized spacial score (nSPS) is 22.6. The molecule has 13 heteroatoms. The molecule has 1 aromatic rings. The molecule has 0 spiro atoms. The third-order valence-electron chi connectivity index (χ3n) is 7.37. The zero-order valence-electron chi connectivity index (χ0n) is 28.5. The molecular formula is C31H60O9Si4. The van der Waals surface area contributed by atoms with Crippen molar-refractivity contribution in [1.82, 2.24) is 0 Å². The predicted octanol–water partition coefficient (Wildman–Crippen LogP) is 6.32. The molecule has 3 unspecified atom stereocenters. The van der Waals surface area contributed by atoms with E-state index in [4.69, 9.17) is 40.8 Å². The molecule has 254 valence electrons. The highest BCUT2D eigenvalue weighted by atomic mass is 28.5. The maximum Gasteiger partial charge on any atom is 0.466 e. The standard InChI is InChI=1S/C25H54O9Si4.C6H6/c1-35(2,14-8-11-26-17-23-20-29-23)32-38(7,33-36(3,4)15-9-12-27-18-24-21-30-24)34-37(5,6)16-10-13-28-19-25-22-31-25;1-2-4-6-5-3-1/h23-25H,8-22H2,1-7H3;1-6H. The van der Waals surface area contributed by atoms with E-state index >= 15 is 0 Å². The lowest BCUT2D eigenvalue weighted by atomic mass is 10.4. The van der Waals surface area contributed by atoms with Crippen molar-refractivity contribution in [2.24, 2.45) is 0 Å². The van der Waals surface area contributed by atoms with Crippen LogP contribution in [0.4, 0.5) is 0 Å². The fourth-order valence-corrected chi connectivity index (χ4v) is 22.9. The van der Waals surface area contributed by atoms with Gasteiger partial charge in [0.05, 0.1) is 39.6 Å². The summed E-state index contributed by atoms with van der Waals surface area (Å²) in [5, 5.41) is 0. The Labute approximate surface area is 271 Å². The number of hydrogen-bond donors (Lipinski definition) is 0. The Bertz CT molecular complexity index is 782. The molecule has 44 heavy (non-hydrogen) atoms. The highest BCUT2D eigenvalue weighted by molar-refractivity contribution is 6.90. The highest BCUT2D eigenvalue weighted by Crippen LogP contribution is 2.31. The largest absolute Gasteiger partial charge is 0.466 e. The minimum absolute atomic E-state index is 0.313. The van der Waals surface area contributed by atoms with Gasteiger partial charge < -0.3 is 40.8 Å². The summed E-state index contributed by atoms with van der Waals surface area (Å²) >= 11 is 0. The molecule has 0 aromatic heterocycles. The van der Waals surface area contributed by atoms with Crippen molar-refractivity contribution in [3.05, 3.63) is 36.4 Å². The second kappa shape index (κ2) is 18.9. The monoisotopic (exact) mass is 688 g/mol. The van der Waals surface area contributed by atoms with Gasteiger partial charge >= 0.3 is 8.80 Å². The van der Waals surface area contributed by atoms with Crippen molar-refractivity contribution in [2.45, 2.75) is 102 Å². The van der Waals surface area contributed by atoms with Crippen LogP contribution in [0.25, 0.3) is 0 Å². The summed E-state index contributed by atoms with van der Waals surface area (Å²) in [6.45, 7) is 22.8. The van der Waals surface area contributed by atoms with Gasteiger partial charge in [-0.15, -0.1) is 0 Å². The summed E-state index contributed by atoms with van der Waals surface area (Å²) in [7, 11) is -8.98. The second-order valence-electron chi connectivity index (χ2n) is 14.0. The Hall–Kier alpha value is -0.272. The second-order valence-corrected chi connectivity index (χ2v) is 30.2. The third-order valence-corrected chi connectivity index (χ3v) is 23.1. The first-order chi connectivity index (χ1) is 20.9. The van der Waals surface area contributed by atoms with E-state index < -0.39 is 33.8 Å². The first kappa shape index (κ1) is 38.2. The van der Waals surface area contributed by atoms with Crippen LogP contribution in [0.15, 0.2) is 36.4 Å². The highest BCUT2D eigenvalue weighted by Gasteiger charge is 2.48. The maximum absolute atomic E-state index is 7.00. The van der Waals surface area contributed by atoms with E-state index in [-0.39, 0.29) is 0 Å². The quantitative estimate of drug-likeness (QED) is 0.0703. The molecule has 4 rings (SSSR count). The molecule has 0 radical (unpaired) electrons. The van der Waals surface area contributed by atoms with Crippen LogP contribution in [0, 0.1) is 0 Å². The zero-order valence-corrected chi connectivity index (χ0v) is 32.5. The molecule has 0 N–H and O–H groups in total. The first-order valence-corrected chi connectivity index (χ1v) is 28.1. The fraction of sp³-hybridized carbons (Fsp3) is 0.806. The molecule has 3 fully saturated rings. The van der Waals surface area contributed by atoms with Crippen molar-refractivity contribution in [3.8, 4) is 0 Å². The molecule has 0 saturated carbocycles. The van der Waals surface area contributed by atoms with Crippen LogP contribution >= 0.6 is 0 Å². The van der Waals surface area contributed by atoms with Crippen LogP contribution in [0.1, 0.15) is 19.3 Å². The molecule has 0 aliphatic carbocycles. The van der Waals surface area contributed by atoms with Gasteiger partial charge in [0, 0.05) is 26.4 Å². The molecule has 3 aliphatic heterocycles. The number of rotatable bonds is 24. The van der Waals surface area contributed by atoms with E-state index in [0.29, 0.717) is 38.1 Å². The van der Waals surface area contributed by atoms with E-state index in [2.05, 4.69) is 45.8 Å². The van der Waals surface area contributed by atoms with Crippen LogP contribution in [0.5, 0.6) is 0 Å². The Morgan fingerprint density at radius 1 is 0.477 bits per heavy atom. The molecule has 3 saturated heterocycles. The van der Waals surface area contributed by atoms with Crippen molar-refractivity contribution in [3.63, 3.8) is 0 Å². The summed E-state index contributed by atoms with van der Waals surface area (Å²) in [4.78, 5) is 0. The molecule has 3 aliphatic rings. The summed E-state index contributed by atoms with van der Waals surface area (Å²) in [5.74, 6) is 0. The average Bonchev–Trinajstić information content (AvgIpc) is 3.77. The number of ether oxygens (including phenoxy) is 6. The fourth-order valence-electron chi connectivity index (χ4n) is 5.04. The van der Waals surface area contributed by atoms with Crippen molar-refractivity contribution in [2.75, 3.05) is 59.5 Å². The number of benzene rings is 1. The molecule has 3 atom stereocenters. The van der Waals surface area contributed by atoms with Gasteiger partial charge in [-0.1, -0.05) is 36.4 Å².